The molecule has 2 heterocycles. The number of hydrogen-bond donors (Lipinski definition) is 0. The third kappa shape index (κ3) is 2.67. The van der Waals surface area contributed by atoms with Crippen molar-refractivity contribution in [1.29, 1.82) is 0 Å². The number of aromatic nitrogens is 1. The second kappa shape index (κ2) is 5.33. The summed E-state index contributed by atoms with van der Waals surface area (Å²) in [6, 6.07) is 12.8. The first-order valence-corrected chi connectivity index (χ1v) is 8.13. The third-order valence-electron chi connectivity index (χ3n) is 5.05. The van der Waals surface area contributed by atoms with Crippen molar-refractivity contribution < 1.29 is 4.92 Å². The van der Waals surface area contributed by atoms with Crippen molar-refractivity contribution in [2.24, 2.45) is 5.41 Å². The molecule has 1 aliphatic heterocycles. The van der Waals surface area contributed by atoms with E-state index in [2.05, 4.69) is 9.88 Å². The summed E-state index contributed by atoms with van der Waals surface area (Å²) in [6.45, 7) is 2.02. The minimum atomic E-state index is -0.350. The molecule has 2 aromatic rings. The third-order valence-corrected chi connectivity index (χ3v) is 5.05. The highest BCUT2D eigenvalue weighted by Gasteiger charge is 2.45. The van der Waals surface area contributed by atoms with Crippen LogP contribution in [0.1, 0.15) is 25.7 Å². The molecule has 2 fully saturated rings. The van der Waals surface area contributed by atoms with E-state index in [0.29, 0.717) is 11.1 Å². The maximum absolute atomic E-state index is 11.3. The van der Waals surface area contributed by atoms with Gasteiger partial charge in [-0.2, -0.15) is 0 Å². The fraction of sp³-hybridized carbons (Fsp3) is 0.389. The highest BCUT2D eigenvalue weighted by atomic mass is 16.6. The molecule has 5 nitrogen and oxygen atoms in total. The smallest absolute Gasteiger partial charge is 0.295 e. The van der Waals surface area contributed by atoms with Gasteiger partial charge in [-0.15, -0.1) is 0 Å². The molecular formula is C18H19N3O2. The van der Waals surface area contributed by atoms with Gasteiger partial charge in [-0.05, 0) is 37.2 Å². The predicted octanol–water partition coefficient (Wildman–Crippen LogP) is 4.04. The van der Waals surface area contributed by atoms with Gasteiger partial charge in [-0.1, -0.05) is 30.3 Å². The molecule has 1 saturated carbocycles. The SMILES string of the molecule is O=[N+]([O-])c1ccc(N2CCCC3(CC3)C2)nc1-c1ccccc1. The Bertz CT molecular complexity index is 741. The van der Waals surface area contributed by atoms with Crippen molar-refractivity contribution in [3.05, 3.63) is 52.6 Å². The predicted molar refractivity (Wildman–Crippen MR) is 89.4 cm³/mol. The summed E-state index contributed by atoms with van der Waals surface area (Å²) in [7, 11) is 0. The Balaban J connectivity index is 1.73. The lowest BCUT2D eigenvalue weighted by atomic mass is 9.95. The van der Waals surface area contributed by atoms with Gasteiger partial charge in [0.1, 0.15) is 5.82 Å². The van der Waals surface area contributed by atoms with E-state index in [9.17, 15) is 10.1 Å². The summed E-state index contributed by atoms with van der Waals surface area (Å²) < 4.78 is 0. The zero-order valence-corrected chi connectivity index (χ0v) is 12.9. The minimum absolute atomic E-state index is 0.0677. The molecule has 0 bridgehead atoms. The monoisotopic (exact) mass is 309 g/mol. The highest BCUT2D eigenvalue weighted by molar-refractivity contribution is 5.71. The molecule has 1 saturated heterocycles. The molecule has 0 N–H and O–H groups in total. The lowest BCUT2D eigenvalue weighted by Crippen LogP contribution is -2.37. The van der Waals surface area contributed by atoms with Crippen molar-refractivity contribution in [2.75, 3.05) is 18.0 Å². The summed E-state index contributed by atoms with van der Waals surface area (Å²) in [5.74, 6) is 0.862. The Kier molecular flexibility index (Phi) is 3.29. The zero-order chi connectivity index (χ0) is 15.9. The van der Waals surface area contributed by atoms with Crippen LogP contribution in [0.2, 0.25) is 0 Å². The summed E-state index contributed by atoms with van der Waals surface area (Å²) in [6.07, 6.45) is 5.10. The molecule has 1 aromatic carbocycles. The average Bonchev–Trinajstić information content (AvgIpc) is 3.33. The minimum Gasteiger partial charge on any atom is -0.356 e. The molecule has 1 spiro atoms. The van der Waals surface area contributed by atoms with Gasteiger partial charge in [-0.25, -0.2) is 4.98 Å². The Hall–Kier alpha value is -2.43. The van der Waals surface area contributed by atoms with E-state index in [1.807, 2.05) is 30.3 Å². The molecule has 5 heteroatoms. The van der Waals surface area contributed by atoms with Gasteiger partial charge in [0.2, 0.25) is 0 Å². The standard InChI is InChI=1S/C18H19N3O2/c22-21(23)15-7-8-16(19-17(15)14-5-2-1-3-6-14)20-12-4-9-18(13-20)10-11-18/h1-3,5-8H,4,9-13H2. The lowest BCUT2D eigenvalue weighted by molar-refractivity contribution is -0.384. The number of rotatable bonds is 3. The molecular weight excluding hydrogens is 290 g/mol. The van der Waals surface area contributed by atoms with Crippen LogP contribution in [0.25, 0.3) is 11.3 Å². The number of nitrogens with zero attached hydrogens (tertiary/aromatic N) is 3. The van der Waals surface area contributed by atoms with Crippen LogP contribution in [0, 0.1) is 15.5 Å². The van der Waals surface area contributed by atoms with E-state index < -0.39 is 0 Å². The van der Waals surface area contributed by atoms with Crippen LogP contribution in [0.5, 0.6) is 0 Å². The van der Waals surface area contributed by atoms with Gasteiger partial charge < -0.3 is 4.90 Å². The fourth-order valence-electron chi connectivity index (χ4n) is 3.56. The van der Waals surface area contributed by atoms with Gasteiger partial charge in [0.25, 0.3) is 5.69 Å². The van der Waals surface area contributed by atoms with E-state index >= 15 is 0 Å². The molecule has 118 valence electrons. The molecule has 23 heavy (non-hydrogen) atoms. The first kappa shape index (κ1) is 14.2. The molecule has 2 aliphatic rings. The topological polar surface area (TPSA) is 59.3 Å². The number of benzene rings is 1. The lowest BCUT2D eigenvalue weighted by Gasteiger charge is -2.34. The number of nitro groups is 1. The molecule has 0 unspecified atom stereocenters. The van der Waals surface area contributed by atoms with E-state index in [1.54, 1.807) is 12.1 Å². The number of hydrogen-bond acceptors (Lipinski definition) is 4. The Morgan fingerprint density at radius 3 is 2.57 bits per heavy atom. The second-order valence-corrected chi connectivity index (χ2v) is 6.69. The van der Waals surface area contributed by atoms with Gasteiger partial charge in [0, 0.05) is 24.7 Å². The zero-order valence-electron chi connectivity index (χ0n) is 12.9. The largest absolute Gasteiger partial charge is 0.356 e. The summed E-state index contributed by atoms with van der Waals surface area (Å²) in [5, 5.41) is 11.3. The average molecular weight is 309 g/mol. The van der Waals surface area contributed by atoms with Crippen molar-refractivity contribution in [1.82, 2.24) is 4.98 Å². The summed E-state index contributed by atoms with van der Waals surface area (Å²) in [5.41, 5.74) is 1.81. The van der Waals surface area contributed by atoms with Crippen LogP contribution in [-0.2, 0) is 0 Å². The molecule has 4 rings (SSSR count). The van der Waals surface area contributed by atoms with E-state index in [-0.39, 0.29) is 10.6 Å². The normalized spacial score (nSPS) is 18.9. The first-order valence-electron chi connectivity index (χ1n) is 8.13. The van der Waals surface area contributed by atoms with Crippen LogP contribution >= 0.6 is 0 Å². The maximum Gasteiger partial charge on any atom is 0.295 e. The van der Waals surface area contributed by atoms with Crippen molar-refractivity contribution in [3.8, 4) is 11.3 Å². The second-order valence-electron chi connectivity index (χ2n) is 6.69. The molecule has 0 atom stereocenters. The number of pyridine rings is 1. The van der Waals surface area contributed by atoms with Crippen LogP contribution in [-0.4, -0.2) is 23.0 Å². The van der Waals surface area contributed by atoms with E-state index in [1.165, 1.54) is 25.7 Å². The summed E-state index contributed by atoms with van der Waals surface area (Å²) >= 11 is 0. The van der Waals surface area contributed by atoms with Crippen LogP contribution < -0.4 is 4.90 Å². The molecule has 1 aromatic heterocycles. The Labute approximate surface area is 135 Å². The van der Waals surface area contributed by atoms with Gasteiger partial charge >= 0.3 is 0 Å². The summed E-state index contributed by atoms with van der Waals surface area (Å²) in [4.78, 5) is 18.0. The first-order chi connectivity index (χ1) is 11.2. The Morgan fingerprint density at radius 1 is 1.09 bits per heavy atom. The molecule has 1 aliphatic carbocycles. The van der Waals surface area contributed by atoms with Gasteiger partial charge in [-0.3, -0.25) is 10.1 Å². The quantitative estimate of drug-likeness (QED) is 0.634. The Morgan fingerprint density at radius 2 is 1.87 bits per heavy atom. The molecule has 0 radical (unpaired) electrons. The van der Waals surface area contributed by atoms with E-state index in [0.717, 1.165) is 24.5 Å². The number of anilines is 1. The van der Waals surface area contributed by atoms with E-state index in [4.69, 9.17) is 0 Å². The van der Waals surface area contributed by atoms with Crippen molar-refractivity contribution >= 4 is 11.5 Å². The van der Waals surface area contributed by atoms with Crippen molar-refractivity contribution in [2.45, 2.75) is 25.7 Å². The van der Waals surface area contributed by atoms with Crippen LogP contribution in [0.3, 0.4) is 0 Å². The highest BCUT2D eigenvalue weighted by Crippen LogP contribution is 2.52. The fourth-order valence-corrected chi connectivity index (χ4v) is 3.56. The van der Waals surface area contributed by atoms with Crippen molar-refractivity contribution in [3.63, 3.8) is 0 Å². The van der Waals surface area contributed by atoms with Gasteiger partial charge in [0.05, 0.1) is 4.92 Å². The maximum atomic E-state index is 11.3. The number of piperidine rings is 1. The van der Waals surface area contributed by atoms with Crippen LogP contribution in [0.4, 0.5) is 11.5 Å². The van der Waals surface area contributed by atoms with Crippen LogP contribution in [0.15, 0.2) is 42.5 Å². The molecule has 0 amide bonds. The van der Waals surface area contributed by atoms with Gasteiger partial charge in [0.15, 0.2) is 5.69 Å².